The number of nitrogens with one attached hydrogen (secondary N) is 2. The summed E-state index contributed by atoms with van der Waals surface area (Å²) in [5, 5.41) is 8.15. The third-order valence-corrected chi connectivity index (χ3v) is 6.88. The molecule has 26 heavy (non-hydrogen) atoms. The van der Waals surface area contributed by atoms with Gasteiger partial charge < -0.3 is 5.32 Å². The van der Waals surface area contributed by atoms with Gasteiger partial charge in [-0.15, -0.1) is 22.7 Å². The molecule has 2 heterocycles. The molecule has 5 nitrogen and oxygen atoms in total. The van der Waals surface area contributed by atoms with E-state index in [-0.39, 0.29) is 11.8 Å². The van der Waals surface area contributed by atoms with Gasteiger partial charge in [0.25, 0.3) is 5.91 Å². The van der Waals surface area contributed by atoms with Gasteiger partial charge in [0.2, 0.25) is 5.91 Å². The van der Waals surface area contributed by atoms with Gasteiger partial charge >= 0.3 is 0 Å². The van der Waals surface area contributed by atoms with Crippen molar-refractivity contribution in [2.45, 2.75) is 20.4 Å². The number of nitrogens with zero attached hydrogens (tertiary/aromatic N) is 1. The van der Waals surface area contributed by atoms with Gasteiger partial charge in [-0.25, -0.2) is 4.98 Å². The molecule has 0 atom stereocenters. The Balaban J connectivity index is 1.71. The second kappa shape index (κ2) is 8.28. The number of amides is 2. The van der Waals surface area contributed by atoms with E-state index in [4.69, 9.17) is 0 Å². The molecule has 0 spiro atoms. The highest BCUT2D eigenvalue weighted by molar-refractivity contribution is 14.1. The molecule has 3 rings (SSSR count). The van der Waals surface area contributed by atoms with E-state index in [1.807, 2.05) is 42.6 Å². The van der Waals surface area contributed by atoms with E-state index >= 15 is 0 Å². The van der Waals surface area contributed by atoms with Gasteiger partial charge in [-0.2, -0.15) is 0 Å². The van der Waals surface area contributed by atoms with E-state index in [1.165, 1.54) is 18.3 Å². The molecule has 0 aliphatic carbocycles. The van der Waals surface area contributed by atoms with Gasteiger partial charge in [-0.1, -0.05) is 12.1 Å². The lowest BCUT2D eigenvalue weighted by molar-refractivity contribution is -0.119. The van der Waals surface area contributed by atoms with Crippen LogP contribution in [-0.2, 0) is 11.3 Å². The van der Waals surface area contributed by atoms with Crippen molar-refractivity contribution in [1.29, 1.82) is 0 Å². The summed E-state index contributed by atoms with van der Waals surface area (Å²) in [6.07, 6.45) is 0. The number of halogens is 1. The fourth-order valence-electron chi connectivity index (χ4n) is 2.25. The zero-order valence-electron chi connectivity index (χ0n) is 14.1. The van der Waals surface area contributed by atoms with Gasteiger partial charge in [0.05, 0.1) is 22.7 Å². The van der Waals surface area contributed by atoms with Gasteiger partial charge in [-0.05, 0) is 53.3 Å². The summed E-state index contributed by atoms with van der Waals surface area (Å²) in [5.41, 5.74) is 2.54. The number of hydrogen-bond donors (Lipinski definition) is 2. The molecule has 2 aromatic heterocycles. The maximum Gasteiger partial charge on any atom is 0.258 e. The van der Waals surface area contributed by atoms with E-state index in [9.17, 15) is 9.59 Å². The molecule has 0 aliphatic heterocycles. The average Bonchev–Trinajstić information content (AvgIpc) is 3.24. The van der Waals surface area contributed by atoms with Crippen LogP contribution in [0.5, 0.6) is 0 Å². The first kappa shape index (κ1) is 19.0. The van der Waals surface area contributed by atoms with Crippen molar-refractivity contribution in [3.63, 3.8) is 0 Å². The monoisotopic (exact) mass is 497 g/mol. The molecule has 1 aromatic carbocycles. The van der Waals surface area contributed by atoms with E-state index < -0.39 is 0 Å². The maximum absolute atomic E-state index is 12.5. The number of thiazole rings is 1. The highest BCUT2D eigenvalue weighted by Gasteiger charge is 2.14. The largest absolute Gasteiger partial charge is 0.351 e. The molecule has 0 fully saturated rings. The summed E-state index contributed by atoms with van der Waals surface area (Å²) in [6, 6.07) is 9.62. The molecular formula is C18H16IN3O2S2. The Labute approximate surface area is 173 Å². The highest BCUT2D eigenvalue weighted by atomic mass is 127. The molecule has 0 unspecified atom stereocenters. The Kier molecular flexibility index (Phi) is 6.05. The van der Waals surface area contributed by atoms with Crippen molar-refractivity contribution in [2.24, 2.45) is 0 Å². The van der Waals surface area contributed by atoms with Crippen LogP contribution in [0.2, 0.25) is 0 Å². The SMILES string of the molecule is CC(=O)NCc1ccc(-c2csc(NC(=O)c3cccc(C)c3I)n2)s1. The number of hydrogen-bond acceptors (Lipinski definition) is 5. The molecule has 134 valence electrons. The van der Waals surface area contributed by atoms with Crippen LogP contribution in [0.25, 0.3) is 10.6 Å². The van der Waals surface area contributed by atoms with Gasteiger partial charge in [-0.3, -0.25) is 14.9 Å². The minimum absolute atomic E-state index is 0.0515. The van der Waals surface area contributed by atoms with Crippen LogP contribution in [0.1, 0.15) is 27.7 Å². The lowest BCUT2D eigenvalue weighted by Gasteiger charge is -2.06. The summed E-state index contributed by atoms with van der Waals surface area (Å²) in [5.74, 6) is -0.207. The molecule has 2 N–H and O–H groups in total. The second-order valence-corrected chi connectivity index (χ2v) is 8.71. The van der Waals surface area contributed by atoms with Gasteiger partial charge in [0.15, 0.2) is 5.13 Å². The van der Waals surface area contributed by atoms with Crippen molar-refractivity contribution < 1.29 is 9.59 Å². The molecule has 8 heteroatoms. The lowest BCUT2D eigenvalue weighted by Crippen LogP contribution is -2.17. The summed E-state index contributed by atoms with van der Waals surface area (Å²) >= 11 is 5.16. The van der Waals surface area contributed by atoms with Crippen molar-refractivity contribution in [1.82, 2.24) is 10.3 Å². The number of carbonyl (C=O) groups excluding carboxylic acids is 2. The normalized spacial score (nSPS) is 10.6. The number of carbonyl (C=O) groups is 2. The zero-order valence-corrected chi connectivity index (χ0v) is 17.9. The Bertz CT molecular complexity index is 965. The molecule has 2 amide bonds. The van der Waals surface area contributed by atoms with Crippen LogP contribution in [0.4, 0.5) is 5.13 Å². The van der Waals surface area contributed by atoms with Gasteiger partial charge in [0.1, 0.15) is 0 Å². The van der Waals surface area contributed by atoms with Crippen molar-refractivity contribution in [3.05, 3.63) is 55.3 Å². The third kappa shape index (κ3) is 4.49. The number of rotatable bonds is 5. The lowest BCUT2D eigenvalue weighted by atomic mass is 10.1. The number of aromatic nitrogens is 1. The summed E-state index contributed by atoms with van der Waals surface area (Å²) in [7, 11) is 0. The molecule has 3 aromatic rings. The topological polar surface area (TPSA) is 71.1 Å². The Morgan fingerprint density at radius 2 is 2.04 bits per heavy atom. The minimum Gasteiger partial charge on any atom is -0.351 e. The fraction of sp³-hybridized carbons (Fsp3) is 0.167. The quantitative estimate of drug-likeness (QED) is 0.504. The number of benzene rings is 1. The van der Waals surface area contributed by atoms with E-state index in [0.717, 1.165) is 24.6 Å². The van der Waals surface area contributed by atoms with E-state index in [1.54, 1.807) is 11.3 Å². The predicted octanol–water partition coefficient (Wildman–Crippen LogP) is 4.67. The molecule has 0 saturated heterocycles. The first-order valence-corrected chi connectivity index (χ1v) is 10.6. The van der Waals surface area contributed by atoms with Crippen LogP contribution < -0.4 is 10.6 Å². The maximum atomic E-state index is 12.5. The van der Waals surface area contributed by atoms with Crippen LogP contribution in [0.3, 0.4) is 0 Å². The first-order chi connectivity index (χ1) is 12.4. The van der Waals surface area contributed by atoms with E-state index in [2.05, 4.69) is 38.2 Å². The minimum atomic E-state index is -0.156. The van der Waals surface area contributed by atoms with Crippen LogP contribution in [-0.4, -0.2) is 16.8 Å². The molecule has 0 radical (unpaired) electrons. The fourth-order valence-corrected chi connectivity index (χ4v) is 4.55. The van der Waals surface area contributed by atoms with Crippen molar-refractivity contribution in [2.75, 3.05) is 5.32 Å². The Morgan fingerprint density at radius 1 is 1.23 bits per heavy atom. The predicted molar refractivity (Wildman–Crippen MR) is 115 cm³/mol. The summed E-state index contributed by atoms with van der Waals surface area (Å²) < 4.78 is 0.945. The molecule has 0 saturated carbocycles. The zero-order chi connectivity index (χ0) is 18.7. The Hall–Kier alpha value is -1.78. The standard InChI is InChI=1S/C18H16IN3O2S2/c1-10-4-3-5-13(16(10)19)17(24)22-18-21-14(9-25-18)15-7-6-12(26-15)8-20-11(2)23/h3-7,9H,8H2,1-2H3,(H,20,23)(H,21,22,24). The number of anilines is 1. The van der Waals surface area contributed by atoms with Gasteiger partial charge in [0, 0.05) is 20.8 Å². The van der Waals surface area contributed by atoms with Crippen LogP contribution >= 0.6 is 45.3 Å². The van der Waals surface area contributed by atoms with E-state index in [0.29, 0.717) is 17.2 Å². The Morgan fingerprint density at radius 3 is 2.81 bits per heavy atom. The molecule has 0 bridgehead atoms. The van der Waals surface area contributed by atoms with Crippen LogP contribution in [0.15, 0.2) is 35.7 Å². The number of aryl methyl sites for hydroxylation is 1. The average molecular weight is 497 g/mol. The smallest absolute Gasteiger partial charge is 0.258 e. The molecular weight excluding hydrogens is 481 g/mol. The summed E-state index contributed by atoms with van der Waals surface area (Å²) in [4.78, 5) is 30.1. The summed E-state index contributed by atoms with van der Waals surface area (Å²) in [6.45, 7) is 3.99. The van der Waals surface area contributed by atoms with Crippen molar-refractivity contribution >= 4 is 62.2 Å². The highest BCUT2D eigenvalue weighted by Crippen LogP contribution is 2.31. The molecule has 0 aliphatic rings. The second-order valence-electron chi connectivity index (χ2n) is 5.60. The third-order valence-electron chi connectivity index (χ3n) is 3.59. The number of thiophene rings is 1. The first-order valence-electron chi connectivity index (χ1n) is 7.79. The van der Waals surface area contributed by atoms with Crippen LogP contribution in [0, 0.1) is 10.5 Å². The van der Waals surface area contributed by atoms with Crippen molar-refractivity contribution in [3.8, 4) is 10.6 Å².